The molecule has 4 N–H and O–H groups in total. The number of carbonyl (C=O) groups is 1. The minimum Gasteiger partial charge on any atom is -0.384 e. The van der Waals surface area contributed by atoms with Gasteiger partial charge in [-0.15, -0.1) is 24.0 Å². The molecule has 0 aliphatic heterocycles. The molecular weight excluding hydrogens is 443 g/mol. The summed E-state index contributed by atoms with van der Waals surface area (Å²) in [5.74, 6) is 0.631. The smallest absolute Gasteiger partial charge is 0.225 e. The average Bonchev–Trinajstić information content (AvgIpc) is 2.56. The molecule has 0 radical (unpaired) electrons. The Morgan fingerprint density at radius 1 is 1.04 bits per heavy atom. The Morgan fingerprint density at radius 3 is 2.15 bits per heavy atom. The molecule has 148 valence electrons. The van der Waals surface area contributed by atoms with E-state index in [9.17, 15) is 9.90 Å². The summed E-state index contributed by atoms with van der Waals surface area (Å²) >= 11 is 0. The number of guanidine groups is 1. The van der Waals surface area contributed by atoms with E-state index < -0.39 is 11.0 Å². The van der Waals surface area contributed by atoms with Gasteiger partial charge in [0.25, 0.3) is 0 Å². The van der Waals surface area contributed by atoms with E-state index in [1.54, 1.807) is 6.92 Å². The molecule has 1 aromatic carbocycles. The van der Waals surface area contributed by atoms with Crippen molar-refractivity contribution in [2.75, 3.05) is 26.2 Å². The van der Waals surface area contributed by atoms with Gasteiger partial charge in [-0.3, -0.25) is 4.79 Å². The maximum absolute atomic E-state index is 11.8. The molecule has 0 spiro atoms. The Morgan fingerprint density at radius 2 is 1.62 bits per heavy atom. The number of nitrogens with zero attached hydrogens (tertiary/aromatic N) is 1. The summed E-state index contributed by atoms with van der Waals surface area (Å²) in [5.41, 5.74) is -0.608. The number of hydrogen-bond donors (Lipinski definition) is 4. The first-order valence-corrected chi connectivity index (χ1v) is 8.75. The third-order valence-electron chi connectivity index (χ3n) is 3.67. The third kappa shape index (κ3) is 8.84. The summed E-state index contributed by atoms with van der Waals surface area (Å²) in [6.07, 6.45) is 0. The zero-order valence-corrected chi connectivity index (χ0v) is 18.8. The lowest BCUT2D eigenvalue weighted by Gasteiger charge is -2.22. The van der Waals surface area contributed by atoms with Crippen molar-refractivity contribution in [2.45, 2.75) is 40.2 Å². The van der Waals surface area contributed by atoms with Crippen molar-refractivity contribution in [3.63, 3.8) is 0 Å². The van der Waals surface area contributed by atoms with Crippen LogP contribution in [-0.2, 0) is 10.4 Å². The van der Waals surface area contributed by atoms with Gasteiger partial charge in [0.1, 0.15) is 5.60 Å². The SMILES string of the molecule is CCNC(=NCC(C)(O)c1ccccc1)NCCNC(=O)C(C)(C)C.I. The molecule has 1 unspecified atom stereocenters. The van der Waals surface area contributed by atoms with Gasteiger partial charge >= 0.3 is 0 Å². The number of carbonyl (C=O) groups excluding carboxylic acids is 1. The lowest BCUT2D eigenvalue weighted by atomic mass is 9.96. The van der Waals surface area contributed by atoms with Crippen molar-refractivity contribution in [1.82, 2.24) is 16.0 Å². The summed E-state index contributed by atoms with van der Waals surface area (Å²) in [5, 5.41) is 19.8. The summed E-state index contributed by atoms with van der Waals surface area (Å²) in [6, 6.07) is 9.49. The Bertz CT molecular complexity index is 569. The summed E-state index contributed by atoms with van der Waals surface area (Å²) < 4.78 is 0. The average molecular weight is 476 g/mol. The first kappa shape index (κ1) is 24.7. The highest BCUT2D eigenvalue weighted by molar-refractivity contribution is 14.0. The maximum atomic E-state index is 11.8. The van der Waals surface area contributed by atoms with Crippen molar-refractivity contribution in [3.05, 3.63) is 35.9 Å². The van der Waals surface area contributed by atoms with Crippen LogP contribution in [0.4, 0.5) is 0 Å². The van der Waals surface area contributed by atoms with Gasteiger partial charge in [-0.1, -0.05) is 51.1 Å². The Labute approximate surface area is 174 Å². The van der Waals surface area contributed by atoms with Gasteiger partial charge in [0.15, 0.2) is 5.96 Å². The first-order chi connectivity index (χ1) is 11.7. The van der Waals surface area contributed by atoms with Crippen molar-refractivity contribution >= 4 is 35.8 Å². The predicted molar refractivity (Wildman–Crippen MR) is 118 cm³/mol. The summed E-state index contributed by atoms with van der Waals surface area (Å²) in [7, 11) is 0. The third-order valence-corrected chi connectivity index (χ3v) is 3.67. The number of nitrogens with one attached hydrogen (secondary N) is 3. The number of halogens is 1. The van der Waals surface area contributed by atoms with E-state index in [0.29, 0.717) is 25.6 Å². The fraction of sp³-hybridized carbons (Fsp3) is 0.579. The van der Waals surface area contributed by atoms with E-state index in [1.807, 2.05) is 58.0 Å². The van der Waals surface area contributed by atoms with E-state index in [1.165, 1.54) is 0 Å². The Kier molecular flexibility index (Phi) is 10.8. The Hall–Kier alpha value is -1.35. The molecule has 0 aromatic heterocycles. The standard InChI is InChI=1S/C19H32N4O2.HI/c1-6-20-17(22-13-12-21-16(24)18(2,3)4)23-14-19(5,25)15-10-8-7-9-11-15;/h7-11,25H,6,12-14H2,1-5H3,(H,21,24)(H2,20,22,23);1H. The van der Waals surface area contributed by atoms with Crippen LogP contribution in [0.25, 0.3) is 0 Å². The molecule has 0 aliphatic carbocycles. The van der Waals surface area contributed by atoms with Gasteiger partial charge < -0.3 is 21.1 Å². The number of aliphatic imine (C=N–C) groups is 1. The van der Waals surface area contributed by atoms with Gasteiger partial charge in [-0.05, 0) is 19.4 Å². The van der Waals surface area contributed by atoms with Crippen molar-refractivity contribution in [2.24, 2.45) is 10.4 Å². The van der Waals surface area contributed by atoms with Crippen LogP contribution in [0.15, 0.2) is 35.3 Å². The van der Waals surface area contributed by atoms with Gasteiger partial charge in [0.05, 0.1) is 6.54 Å². The topological polar surface area (TPSA) is 85.8 Å². The summed E-state index contributed by atoms with van der Waals surface area (Å²) in [4.78, 5) is 16.3. The second kappa shape index (κ2) is 11.4. The monoisotopic (exact) mass is 476 g/mol. The molecule has 0 heterocycles. The molecule has 0 fully saturated rings. The van der Waals surface area contributed by atoms with Gasteiger partial charge in [0.2, 0.25) is 5.91 Å². The van der Waals surface area contributed by atoms with Crippen LogP contribution in [0.2, 0.25) is 0 Å². The number of amides is 1. The molecule has 6 nitrogen and oxygen atoms in total. The first-order valence-electron chi connectivity index (χ1n) is 8.75. The zero-order chi connectivity index (χ0) is 18.9. The van der Waals surface area contributed by atoms with Crippen LogP contribution in [-0.4, -0.2) is 43.2 Å². The lowest BCUT2D eigenvalue weighted by Crippen LogP contribution is -2.44. The molecule has 7 heteroatoms. The van der Waals surface area contributed by atoms with Gasteiger partial charge in [-0.25, -0.2) is 4.99 Å². The predicted octanol–water partition coefficient (Wildman–Crippen LogP) is 2.23. The lowest BCUT2D eigenvalue weighted by molar-refractivity contribution is -0.128. The zero-order valence-electron chi connectivity index (χ0n) is 16.4. The second-order valence-electron chi connectivity index (χ2n) is 7.27. The van der Waals surface area contributed by atoms with E-state index >= 15 is 0 Å². The number of aliphatic hydroxyl groups is 1. The molecule has 0 saturated carbocycles. The number of hydrogen-bond acceptors (Lipinski definition) is 3. The highest BCUT2D eigenvalue weighted by atomic mass is 127. The fourth-order valence-corrected chi connectivity index (χ4v) is 2.09. The highest BCUT2D eigenvalue weighted by Gasteiger charge is 2.22. The minimum atomic E-state index is -1.04. The van der Waals surface area contributed by atoms with Crippen molar-refractivity contribution < 1.29 is 9.90 Å². The van der Waals surface area contributed by atoms with Gasteiger partial charge in [0, 0.05) is 25.0 Å². The van der Waals surface area contributed by atoms with E-state index in [4.69, 9.17) is 0 Å². The second-order valence-corrected chi connectivity index (χ2v) is 7.27. The number of rotatable bonds is 7. The van der Waals surface area contributed by atoms with E-state index in [-0.39, 0.29) is 36.4 Å². The molecule has 1 atom stereocenters. The van der Waals surface area contributed by atoms with E-state index in [2.05, 4.69) is 20.9 Å². The molecule has 1 amide bonds. The molecule has 0 saturated heterocycles. The van der Waals surface area contributed by atoms with Crippen LogP contribution in [0.5, 0.6) is 0 Å². The molecule has 0 aliphatic rings. The highest BCUT2D eigenvalue weighted by Crippen LogP contribution is 2.20. The fourth-order valence-electron chi connectivity index (χ4n) is 2.09. The van der Waals surface area contributed by atoms with E-state index in [0.717, 1.165) is 5.56 Å². The largest absolute Gasteiger partial charge is 0.384 e. The van der Waals surface area contributed by atoms with Crippen LogP contribution >= 0.6 is 24.0 Å². The molecule has 1 aromatic rings. The van der Waals surface area contributed by atoms with Gasteiger partial charge in [-0.2, -0.15) is 0 Å². The quantitative estimate of drug-likeness (QED) is 0.211. The molecule has 26 heavy (non-hydrogen) atoms. The molecule has 1 rings (SSSR count). The number of benzene rings is 1. The maximum Gasteiger partial charge on any atom is 0.225 e. The van der Waals surface area contributed by atoms with Crippen LogP contribution in [0.1, 0.15) is 40.2 Å². The van der Waals surface area contributed by atoms with Crippen LogP contribution in [0.3, 0.4) is 0 Å². The Balaban J connectivity index is 0.00000625. The normalized spacial score (nSPS) is 14.0. The van der Waals surface area contributed by atoms with Crippen molar-refractivity contribution in [1.29, 1.82) is 0 Å². The van der Waals surface area contributed by atoms with Crippen LogP contribution in [0, 0.1) is 5.41 Å². The molecule has 0 bridgehead atoms. The summed E-state index contributed by atoms with van der Waals surface area (Å²) in [6.45, 7) is 11.4. The molecular formula is C19H33IN4O2. The van der Waals surface area contributed by atoms with Crippen LogP contribution < -0.4 is 16.0 Å². The minimum absolute atomic E-state index is 0. The van der Waals surface area contributed by atoms with Crippen molar-refractivity contribution in [3.8, 4) is 0 Å².